The third-order valence-electron chi connectivity index (χ3n) is 6.35. The van der Waals surface area contributed by atoms with Crippen LogP contribution in [-0.4, -0.2) is 40.0 Å². The average Bonchev–Trinajstić information content (AvgIpc) is 3.13. The molecule has 0 unspecified atom stereocenters. The fourth-order valence-corrected chi connectivity index (χ4v) is 4.95. The van der Waals surface area contributed by atoms with Crippen LogP contribution in [0.25, 0.3) is 0 Å². The quantitative estimate of drug-likeness (QED) is 0.808. The molecule has 3 aliphatic rings. The number of amides is 1. The predicted molar refractivity (Wildman–Crippen MR) is 110 cm³/mol. The number of carbonyl (C=O) groups excluding carboxylic acids is 1. The van der Waals surface area contributed by atoms with Gasteiger partial charge in [-0.05, 0) is 12.5 Å². The molecule has 1 amide bonds. The van der Waals surface area contributed by atoms with Gasteiger partial charge in [0.05, 0.1) is 6.54 Å². The lowest BCUT2D eigenvalue weighted by molar-refractivity contribution is -0.138. The molecule has 5 heterocycles. The number of nitrogens with zero attached hydrogens (tertiary/aromatic N) is 3. The first-order valence-corrected chi connectivity index (χ1v) is 10.2. The molecular formula is C21H27ClN4O3. The number of hydrogen-bond donors (Lipinski definition) is 1. The Morgan fingerprint density at radius 3 is 2.93 bits per heavy atom. The molecule has 3 aliphatic heterocycles. The molecule has 1 N–H and O–H groups in total. The van der Waals surface area contributed by atoms with Gasteiger partial charge in [0.25, 0.3) is 5.56 Å². The topological polar surface area (TPSA) is 80.4 Å². The number of piperidine rings is 1. The van der Waals surface area contributed by atoms with Crippen LogP contribution in [-0.2, 0) is 17.8 Å². The van der Waals surface area contributed by atoms with E-state index >= 15 is 0 Å². The summed E-state index contributed by atoms with van der Waals surface area (Å²) < 4.78 is 7.63. The highest BCUT2D eigenvalue weighted by Gasteiger charge is 2.43. The molecule has 7 nitrogen and oxygen atoms in total. The van der Waals surface area contributed by atoms with Gasteiger partial charge in [0.15, 0.2) is 5.89 Å². The van der Waals surface area contributed by atoms with E-state index in [1.807, 2.05) is 11.0 Å². The Morgan fingerprint density at radius 2 is 2.14 bits per heavy atom. The molecule has 8 heteroatoms. The second-order valence-electron chi connectivity index (χ2n) is 8.54. The van der Waals surface area contributed by atoms with E-state index in [1.54, 1.807) is 16.7 Å². The van der Waals surface area contributed by atoms with Gasteiger partial charge in [-0.25, -0.2) is 4.98 Å². The van der Waals surface area contributed by atoms with E-state index in [0.29, 0.717) is 25.4 Å². The molecule has 1 saturated heterocycles. The highest BCUT2D eigenvalue weighted by atomic mass is 35.5. The molecule has 156 valence electrons. The van der Waals surface area contributed by atoms with Crippen molar-refractivity contribution in [2.45, 2.75) is 51.1 Å². The monoisotopic (exact) mass is 418 g/mol. The number of carbonyl (C=O) groups is 1. The number of hydrogen-bond acceptors (Lipinski definition) is 5. The van der Waals surface area contributed by atoms with E-state index in [1.165, 1.54) is 0 Å². The molecule has 1 fully saturated rings. The first kappa shape index (κ1) is 20.2. The fourth-order valence-electron chi connectivity index (χ4n) is 4.95. The Kier molecular flexibility index (Phi) is 5.29. The molecule has 5 rings (SSSR count). The summed E-state index contributed by atoms with van der Waals surface area (Å²) in [4.78, 5) is 32.8. The molecule has 2 bridgehead atoms. The summed E-state index contributed by atoms with van der Waals surface area (Å²) in [5, 5.41) is 3.45. The van der Waals surface area contributed by atoms with Crippen molar-refractivity contribution in [1.82, 2.24) is 19.8 Å². The van der Waals surface area contributed by atoms with E-state index in [-0.39, 0.29) is 35.7 Å². The molecule has 29 heavy (non-hydrogen) atoms. The number of fused-ring (bicyclic) bond motifs is 5. The second-order valence-corrected chi connectivity index (χ2v) is 8.54. The van der Waals surface area contributed by atoms with Gasteiger partial charge in [0.1, 0.15) is 17.5 Å². The van der Waals surface area contributed by atoms with Crippen LogP contribution in [0.4, 0.5) is 0 Å². The number of aromatic nitrogens is 2. The van der Waals surface area contributed by atoms with Crippen molar-refractivity contribution in [3.8, 4) is 0 Å². The molecule has 2 aromatic heterocycles. The van der Waals surface area contributed by atoms with Gasteiger partial charge in [-0.15, -0.1) is 12.4 Å². The number of oxazole rings is 1. The van der Waals surface area contributed by atoms with Crippen LogP contribution in [0.2, 0.25) is 0 Å². The van der Waals surface area contributed by atoms with E-state index < -0.39 is 6.04 Å². The minimum atomic E-state index is -0.439. The maximum absolute atomic E-state index is 13.6. The van der Waals surface area contributed by atoms with Crippen LogP contribution in [0.15, 0.2) is 27.4 Å². The number of nitrogens with one attached hydrogen (secondary N) is 1. The van der Waals surface area contributed by atoms with Crippen molar-refractivity contribution in [3.05, 3.63) is 51.6 Å². The lowest BCUT2D eigenvalue weighted by Gasteiger charge is -2.44. The van der Waals surface area contributed by atoms with Crippen LogP contribution in [0.3, 0.4) is 0 Å². The minimum absolute atomic E-state index is 0. The summed E-state index contributed by atoms with van der Waals surface area (Å²) in [6.07, 6.45) is 1.63. The third kappa shape index (κ3) is 3.30. The minimum Gasteiger partial charge on any atom is -0.445 e. The summed E-state index contributed by atoms with van der Waals surface area (Å²) in [7, 11) is 0. The van der Waals surface area contributed by atoms with Crippen molar-refractivity contribution in [2.24, 2.45) is 5.92 Å². The molecule has 0 spiro atoms. The van der Waals surface area contributed by atoms with Gasteiger partial charge in [0, 0.05) is 55.6 Å². The number of pyridine rings is 1. The largest absolute Gasteiger partial charge is 0.445 e. The zero-order chi connectivity index (χ0) is 19.4. The van der Waals surface area contributed by atoms with Crippen LogP contribution in [0, 0.1) is 5.92 Å². The Balaban J connectivity index is 0.00000205. The Bertz CT molecular complexity index is 983. The van der Waals surface area contributed by atoms with E-state index in [2.05, 4.69) is 24.1 Å². The number of rotatable bonds is 2. The Hall–Kier alpha value is -2.12. The predicted octanol–water partition coefficient (Wildman–Crippen LogP) is 2.21. The van der Waals surface area contributed by atoms with Crippen LogP contribution in [0.1, 0.15) is 61.2 Å². The summed E-state index contributed by atoms with van der Waals surface area (Å²) in [6.45, 7) is 6.81. The molecule has 0 aromatic carbocycles. The average molecular weight is 419 g/mol. The number of halogens is 1. The van der Waals surface area contributed by atoms with E-state index in [0.717, 1.165) is 42.5 Å². The lowest BCUT2D eigenvalue weighted by atomic mass is 9.78. The third-order valence-corrected chi connectivity index (χ3v) is 6.35. The Labute approximate surface area is 175 Å². The van der Waals surface area contributed by atoms with Crippen LogP contribution < -0.4 is 10.9 Å². The van der Waals surface area contributed by atoms with Crippen molar-refractivity contribution in [2.75, 3.05) is 19.6 Å². The molecule has 0 aliphatic carbocycles. The van der Waals surface area contributed by atoms with E-state index in [4.69, 9.17) is 4.42 Å². The van der Waals surface area contributed by atoms with Gasteiger partial charge in [-0.1, -0.05) is 19.9 Å². The highest BCUT2D eigenvalue weighted by Crippen LogP contribution is 2.39. The van der Waals surface area contributed by atoms with Gasteiger partial charge >= 0.3 is 0 Å². The molecule has 3 atom stereocenters. The van der Waals surface area contributed by atoms with Crippen molar-refractivity contribution in [1.29, 1.82) is 0 Å². The van der Waals surface area contributed by atoms with Crippen molar-refractivity contribution >= 4 is 18.3 Å². The second kappa shape index (κ2) is 7.61. The van der Waals surface area contributed by atoms with Gasteiger partial charge in [-0.2, -0.15) is 0 Å². The van der Waals surface area contributed by atoms with Crippen LogP contribution >= 0.6 is 12.4 Å². The SMILES string of the molecule is CC(C)c1nc2c(o1)CCN(C(=O)[C@H]1[C@@H]3CNC[C@@H](C3)c3cccc(=O)n31)C2.Cl. The molecule has 0 saturated carbocycles. The fraction of sp³-hybridized carbons (Fsp3) is 0.571. The highest BCUT2D eigenvalue weighted by molar-refractivity contribution is 5.85. The molecular weight excluding hydrogens is 392 g/mol. The van der Waals surface area contributed by atoms with Gasteiger partial charge in [-0.3, -0.25) is 14.2 Å². The summed E-state index contributed by atoms with van der Waals surface area (Å²) >= 11 is 0. The van der Waals surface area contributed by atoms with Gasteiger partial charge in [0.2, 0.25) is 5.91 Å². The summed E-state index contributed by atoms with van der Waals surface area (Å²) in [6, 6.07) is 4.93. The standard InChI is InChI=1S/C21H26N4O3.ClH/c1-12(2)20-23-15-11-24(7-6-17(15)28-20)21(27)19-14-8-13(9-22-10-14)16-4-3-5-18(26)25(16)19;/h3-5,12-14,19,22H,6-11H2,1-2H3;1H/t13-,14+,19-;/m1./s1. The maximum Gasteiger partial charge on any atom is 0.251 e. The van der Waals surface area contributed by atoms with Crippen molar-refractivity contribution < 1.29 is 9.21 Å². The zero-order valence-corrected chi connectivity index (χ0v) is 17.6. The Morgan fingerprint density at radius 1 is 1.31 bits per heavy atom. The smallest absolute Gasteiger partial charge is 0.251 e. The normalized spacial score (nSPS) is 25.2. The summed E-state index contributed by atoms with van der Waals surface area (Å²) in [5.74, 6) is 2.33. The van der Waals surface area contributed by atoms with Gasteiger partial charge < -0.3 is 14.6 Å². The summed E-state index contributed by atoms with van der Waals surface area (Å²) in [5.41, 5.74) is 1.77. The first-order chi connectivity index (χ1) is 13.5. The maximum atomic E-state index is 13.6. The lowest BCUT2D eigenvalue weighted by Crippen LogP contribution is -2.53. The zero-order valence-electron chi connectivity index (χ0n) is 16.8. The molecule has 2 aromatic rings. The molecule has 0 radical (unpaired) electrons. The first-order valence-electron chi connectivity index (χ1n) is 10.2. The van der Waals surface area contributed by atoms with Crippen molar-refractivity contribution in [3.63, 3.8) is 0 Å². The van der Waals surface area contributed by atoms with E-state index in [9.17, 15) is 9.59 Å². The van der Waals surface area contributed by atoms with Crippen LogP contribution in [0.5, 0.6) is 0 Å².